The molecular formula is C8H15O3. The summed E-state index contributed by atoms with van der Waals surface area (Å²) in [6, 6.07) is 0. The standard InChI is InChI=1S/C8H15O3/c1-5-7(4)11-8(9)10-6(2)3/h6H,5H2,1-4H3. The zero-order valence-electron chi connectivity index (χ0n) is 7.51. The average Bonchev–Trinajstić information content (AvgIpc) is 1.85. The Bertz CT molecular complexity index is 121. The van der Waals surface area contributed by atoms with Crippen molar-refractivity contribution >= 4 is 6.16 Å². The van der Waals surface area contributed by atoms with E-state index in [1.807, 2.05) is 6.92 Å². The predicted molar refractivity (Wildman–Crippen MR) is 41.9 cm³/mol. The van der Waals surface area contributed by atoms with E-state index in [0.717, 1.165) is 6.42 Å². The van der Waals surface area contributed by atoms with Crippen molar-refractivity contribution in [2.75, 3.05) is 0 Å². The van der Waals surface area contributed by atoms with Gasteiger partial charge in [0.15, 0.2) is 6.10 Å². The summed E-state index contributed by atoms with van der Waals surface area (Å²) in [5.41, 5.74) is 0. The quantitative estimate of drug-likeness (QED) is 0.593. The molecule has 0 saturated heterocycles. The van der Waals surface area contributed by atoms with E-state index in [0.29, 0.717) is 6.10 Å². The fourth-order valence-corrected chi connectivity index (χ4v) is 0.431. The van der Waals surface area contributed by atoms with Gasteiger partial charge in [-0.05, 0) is 27.2 Å². The van der Waals surface area contributed by atoms with Crippen LogP contribution in [0.4, 0.5) is 4.79 Å². The molecule has 0 aliphatic rings. The molecule has 3 nitrogen and oxygen atoms in total. The molecule has 0 saturated carbocycles. The molecule has 0 heterocycles. The van der Waals surface area contributed by atoms with Crippen LogP contribution in [0.15, 0.2) is 0 Å². The van der Waals surface area contributed by atoms with Crippen molar-refractivity contribution in [1.29, 1.82) is 0 Å². The maximum atomic E-state index is 10.8. The Kier molecular flexibility index (Phi) is 4.66. The lowest BCUT2D eigenvalue weighted by molar-refractivity contribution is 0.0382. The van der Waals surface area contributed by atoms with Gasteiger partial charge in [-0.3, -0.25) is 0 Å². The van der Waals surface area contributed by atoms with Gasteiger partial charge in [0, 0.05) is 0 Å². The van der Waals surface area contributed by atoms with Crippen LogP contribution in [0.1, 0.15) is 34.1 Å². The van der Waals surface area contributed by atoms with Crippen molar-refractivity contribution in [1.82, 2.24) is 0 Å². The highest BCUT2D eigenvalue weighted by molar-refractivity contribution is 5.61. The molecule has 65 valence electrons. The van der Waals surface area contributed by atoms with Gasteiger partial charge in [-0.25, -0.2) is 4.79 Å². The minimum Gasteiger partial charge on any atom is -0.432 e. The van der Waals surface area contributed by atoms with Crippen molar-refractivity contribution in [3.05, 3.63) is 6.10 Å². The Hall–Kier alpha value is -0.730. The van der Waals surface area contributed by atoms with Gasteiger partial charge in [0.05, 0.1) is 6.10 Å². The third kappa shape index (κ3) is 5.70. The molecule has 0 amide bonds. The van der Waals surface area contributed by atoms with E-state index in [1.165, 1.54) is 0 Å². The van der Waals surface area contributed by atoms with Crippen LogP contribution in [0.5, 0.6) is 0 Å². The van der Waals surface area contributed by atoms with Gasteiger partial charge in [0.2, 0.25) is 0 Å². The van der Waals surface area contributed by atoms with Crippen molar-refractivity contribution in [2.45, 2.75) is 40.2 Å². The number of carbonyl (C=O) groups is 1. The van der Waals surface area contributed by atoms with E-state index >= 15 is 0 Å². The molecule has 0 spiro atoms. The molecule has 0 aromatic rings. The van der Waals surface area contributed by atoms with E-state index in [-0.39, 0.29) is 6.10 Å². The van der Waals surface area contributed by atoms with Crippen molar-refractivity contribution in [2.24, 2.45) is 0 Å². The van der Waals surface area contributed by atoms with E-state index in [2.05, 4.69) is 0 Å². The number of hydrogen-bond acceptors (Lipinski definition) is 3. The van der Waals surface area contributed by atoms with Crippen LogP contribution >= 0.6 is 0 Å². The van der Waals surface area contributed by atoms with Gasteiger partial charge < -0.3 is 9.47 Å². The summed E-state index contributed by atoms with van der Waals surface area (Å²) in [4.78, 5) is 10.8. The summed E-state index contributed by atoms with van der Waals surface area (Å²) in [6.07, 6.45) is 0.676. The molecule has 0 bridgehead atoms. The summed E-state index contributed by atoms with van der Waals surface area (Å²) in [5, 5.41) is 0. The van der Waals surface area contributed by atoms with E-state index in [9.17, 15) is 4.79 Å². The lowest BCUT2D eigenvalue weighted by Gasteiger charge is -2.11. The maximum absolute atomic E-state index is 10.8. The molecule has 1 radical (unpaired) electrons. The summed E-state index contributed by atoms with van der Waals surface area (Å²) in [5.74, 6) is 0. The number of hydrogen-bond donors (Lipinski definition) is 0. The molecule has 3 heteroatoms. The molecule has 0 aromatic heterocycles. The second-order valence-corrected chi connectivity index (χ2v) is 2.57. The molecule has 0 aliphatic heterocycles. The fourth-order valence-electron chi connectivity index (χ4n) is 0.431. The van der Waals surface area contributed by atoms with Gasteiger partial charge in [0.25, 0.3) is 0 Å². The Balaban J connectivity index is 3.52. The first kappa shape index (κ1) is 10.3. The van der Waals surface area contributed by atoms with Crippen LogP contribution < -0.4 is 0 Å². The third-order valence-corrected chi connectivity index (χ3v) is 1.09. The minimum atomic E-state index is -0.612. The fraction of sp³-hybridized carbons (Fsp3) is 0.750. The van der Waals surface area contributed by atoms with Crippen LogP contribution in [0.2, 0.25) is 0 Å². The zero-order chi connectivity index (χ0) is 8.85. The largest absolute Gasteiger partial charge is 0.509 e. The van der Waals surface area contributed by atoms with E-state index < -0.39 is 6.16 Å². The Morgan fingerprint density at radius 2 is 2.00 bits per heavy atom. The predicted octanol–water partition coefficient (Wildman–Crippen LogP) is 2.51. The molecule has 0 fully saturated rings. The van der Waals surface area contributed by atoms with Gasteiger partial charge >= 0.3 is 6.16 Å². The number of carbonyl (C=O) groups excluding carboxylic acids is 1. The Labute approximate surface area is 67.7 Å². The highest BCUT2D eigenvalue weighted by Crippen LogP contribution is 2.07. The van der Waals surface area contributed by atoms with Crippen molar-refractivity contribution in [3.63, 3.8) is 0 Å². The van der Waals surface area contributed by atoms with Crippen LogP contribution in [0, 0.1) is 6.10 Å². The molecule has 0 aromatic carbocycles. The third-order valence-electron chi connectivity index (χ3n) is 1.09. The molecule has 0 N–H and O–H groups in total. The summed E-state index contributed by atoms with van der Waals surface area (Å²) in [6.45, 7) is 7.23. The molecular weight excluding hydrogens is 144 g/mol. The van der Waals surface area contributed by atoms with Crippen LogP contribution in [-0.4, -0.2) is 12.3 Å². The highest BCUT2D eigenvalue weighted by atomic mass is 16.7. The zero-order valence-corrected chi connectivity index (χ0v) is 7.51. The van der Waals surface area contributed by atoms with Gasteiger partial charge in [-0.15, -0.1) is 0 Å². The van der Waals surface area contributed by atoms with Crippen LogP contribution in [0.3, 0.4) is 0 Å². The monoisotopic (exact) mass is 159 g/mol. The molecule has 0 aliphatic carbocycles. The highest BCUT2D eigenvalue weighted by Gasteiger charge is 2.10. The van der Waals surface area contributed by atoms with E-state index in [1.54, 1.807) is 20.8 Å². The number of ether oxygens (including phenoxy) is 2. The molecule has 0 atom stereocenters. The van der Waals surface area contributed by atoms with Gasteiger partial charge in [-0.1, -0.05) is 6.92 Å². The number of rotatable bonds is 3. The maximum Gasteiger partial charge on any atom is 0.509 e. The van der Waals surface area contributed by atoms with Crippen molar-refractivity contribution < 1.29 is 14.3 Å². The summed E-state index contributed by atoms with van der Waals surface area (Å²) < 4.78 is 9.51. The Morgan fingerprint density at radius 1 is 1.45 bits per heavy atom. The smallest absolute Gasteiger partial charge is 0.432 e. The first-order chi connectivity index (χ1) is 5.06. The molecule has 0 unspecified atom stereocenters. The van der Waals surface area contributed by atoms with Gasteiger partial charge in [-0.2, -0.15) is 0 Å². The minimum absolute atomic E-state index is 0.118. The normalized spacial score (nSPS) is 10.4. The lowest BCUT2D eigenvalue weighted by atomic mass is 10.3. The second-order valence-electron chi connectivity index (χ2n) is 2.57. The van der Waals surface area contributed by atoms with E-state index in [4.69, 9.17) is 9.47 Å². The van der Waals surface area contributed by atoms with Crippen LogP contribution in [0.25, 0.3) is 0 Å². The first-order valence-electron chi connectivity index (χ1n) is 3.77. The van der Waals surface area contributed by atoms with Crippen LogP contribution in [-0.2, 0) is 9.47 Å². The Morgan fingerprint density at radius 3 is 2.36 bits per heavy atom. The second kappa shape index (κ2) is 4.99. The first-order valence-corrected chi connectivity index (χ1v) is 3.77. The summed E-state index contributed by atoms with van der Waals surface area (Å²) in [7, 11) is 0. The van der Waals surface area contributed by atoms with Crippen molar-refractivity contribution in [3.8, 4) is 0 Å². The molecule has 11 heavy (non-hydrogen) atoms. The SMILES string of the molecule is CC[C](C)OC(=O)OC(C)C. The molecule has 0 rings (SSSR count). The summed E-state index contributed by atoms with van der Waals surface area (Å²) >= 11 is 0. The van der Waals surface area contributed by atoms with Gasteiger partial charge in [0.1, 0.15) is 0 Å². The topological polar surface area (TPSA) is 35.5 Å². The lowest BCUT2D eigenvalue weighted by Crippen LogP contribution is -2.14. The average molecular weight is 159 g/mol.